The van der Waals surface area contributed by atoms with Gasteiger partial charge in [0.2, 0.25) is 10.0 Å². The molecule has 0 aliphatic heterocycles. The molecule has 26 heavy (non-hydrogen) atoms. The summed E-state index contributed by atoms with van der Waals surface area (Å²) in [5.74, 6) is -1.54. The molecular weight excluding hydrogens is 359 g/mol. The number of sulfonamides is 1. The third kappa shape index (κ3) is 4.28. The SMILES string of the molecule is Cn1cc(S(=O)(=O)NC(C)(C)C)cc1C(=O)Nc1cccc(C#N)c1F. The average Bonchev–Trinajstić information content (AvgIpc) is 2.90. The van der Waals surface area contributed by atoms with E-state index >= 15 is 0 Å². The molecule has 0 unspecified atom stereocenters. The number of carbonyl (C=O) groups excluding carboxylic acids is 1. The molecule has 0 radical (unpaired) electrons. The monoisotopic (exact) mass is 378 g/mol. The first-order valence-corrected chi connectivity index (χ1v) is 9.13. The first-order valence-electron chi connectivity index (χ1n) is 7.65. The van der Waals surface area contributed by atoms with Gasteiger partial charge in [-0.1, -0.05) is 6.07 Å². The molecule has 2 aromatic rings. The summed E-state index contributed by atoms with van der Waals surface area (Å²) < 4.78 is 42.7. The average molecular weight is 378 g/mol. The van der Waals surface area contributed by atoms with E-state index in [9.17, 15) is 17.6 Å². The minimum absolute atomic E-state index is 0.0287. The summed E-state index contributed by atoms with van der Waals surface area (Å²) in [6, 6.07) is 6.93. The van der Waals surface area contributed by atoms with Gasteiger partial charge >= 0.3 is 0 Å². The Kier molecular flexibility index (Phi) is 5.21. The predicted molar refractivity (Wildman–Crippen MR) is 94.6 cm³/mol. The Balaban J connectivity index is 2.32. The van der Waals surface area contributed by atoms with E-state index in [0.29, 0.717) is 0 Å². The number of nitriles is 1. The highest BCUT2D eigenvalue weighted by molar-refractivity contribution is 7.89. The lowest BCUT2D eigenvalue weighted by molar-refractivity contribution is 0.101. The molecule has 1 amide bonds. The summed E-state index contributed by atoms with van der Waals surface area (Å²) in [5.41, 5.74) is -1.02. The number of aryl methyl sites for hydroxylation is 1. The fraction of sp³-hybridized carbons (Fsp3) is 0.294. The third-order valence-electron chi connectivity index (χ3n) is 3.33. The Morgan fingerprint density at radius 1 is 1.31 bits per heavy atom. The zero-order valence-electron chi connectivity index (χ0n) is 14.8. The van der Waals surface area contributed by atoms with Crippen LogP contribution in [0.15, 0.2) is 35.4 Å². The quantitative estimate of drug-likeness (QED) is 0.852. The van der Waals surface area contributed by atoms with E-state index < -0.39 is 27.3 Å². The number of amides is 1. The van der Waals surface area contributed by atoms with Gasteiger partial charge in [-0.3, -0.25) is 4.79 Å². The molecule has 0 bridgehead atoms. The van der Waals surface area contributed by atoms with Crippen molar-refractivity contribution in [2.24, 2.45) is 7.05 Å². The van der Waals surface area contributed by atoms with E-state index in [4.69, 9.17) is 5.26 Å². The summed E-state index contributed by atoms with van der Waals surface area (Å²) in [6.07, 6.45) is 1.30. The fourth-order valence-electron chi connectivity index (χ4n) is 2.27. The van der Waals surface area contributed by atoms with Crippen molar-refractivity contribution in [1.29, 1.82) is 5.26 Å². The number of nitrogens with one attached hydrogen (secondary N) is 2. The molecule has 9 heteroatoms. The number of anilines is 1. The summed E-state index contributed by atoms with van der Waals surface area (Å²) in [4.78, 5) is 12.3. The Bertz CT molecular complexity index is 998. The minimum Gasteiger partial charge on any atom is -0.345 e. The van der Waals surface area contributed by atoms with Crippen molar-refractivity contribution in [3.05, 3.63) is 47.5 Å². The van der Waals surface area contributed by atoms with Crippen molar-refractivity contribution in [3.63, 3.8) is 0 Å². The van der Waals surface area contributed by atoms with Gasteiger partial charge in [0.05, 0.1) is 11.3 Å². The summed E-state index contributed by atoms with van der Waals surface area (Å²) in [7, 11) is -2.31. The van der Waals surface area contributed by atoms with Gasteiger partial charge < -0.3 is 9.88 Å². The summed E-state index contributed by atoms with van der Waals surface area (Å²) in [5, 5.41) is 11.2. The molecule has 7 nitrogen and oxygen atoms in total. The van der Waals surface area contributed by atoms with Crippen LogP contribution in [0.4, 0.5) is 10.1 Å². The number of hydrogen-bond donors (Lipinski definition) is 2. The van der Waals surface area contributed by atoms with Gasteiger partial charge in [0.1, 0.15) is 16.7 Å². The van der Waals surface area contributed by atoms with Gasteiger partial charge in [-0.2, -0.15) is 5.26 Å². The zero-order chi connectivity index (χ0) is 19.7. The summed E-state index contributed by atoms with van der Waals surface area (Å²) >= 11 is 0. The molecule has 1 aromatic heterocycles. The maximum absolute atomic E-state index is 14.1. The molecule has 0 saturated carbocycles. The van der Waals surface area contributed by atoms with Crippen molar-refractivity contribution in [1.82, 2.24) is 9.29 Å². The van der Waals surface area contributed by atoms with Crippen molar-refractivity contribution >= 4 is 21.6 Å². The first-order chi connectivity index (χ1) is 11.9. The fourth-order valence-corrected chi connectivity index (χ4v) is 3.76. The number of rotatable bonds is 4. The number of halogens is 1. The van der Waals surface area contributed by atoms with Crippen molar-refractivity contribution < 1.29 is 17.6 Å². The standard InChI is InChI=1S/C17H19FN4O3S/c1-17(2,3)21-26(24,25)12-8-14(22(4)10-12)16(23)20-13-7-5-6-11(9-19)15(13)18/h5-8,10,21H,1-4H3,(H,20,23). The molecule has 2 N–H and O–H groups in total. The topological polar surface area (TPSA) is 104 Å². The molecule has 2 rings (SSSR count). The second-order valence-electron chi connectivity index (χ2n) is 6.76. The second-order valence-corrected chi connectivity index (χ2v) is 8.44. The third-order valence-corrected chi connectivity index (χ3v) is 5.06. The van der Waals surface area contributed by atoms with Crippen molar-refractivity contribution in [2.75, 3.05) is 5.32 Å². The Labute approximate surface area is 151 Å². The molecule has 0 aliphatic rings. The minimum atomic E-state index is -3.81. The van der Waals surface area contributed by atoms with Crippen molar-refractivity contribution in [2.45, 2.75) is 31.2 Å². The second kappa shape index (κ2) is 6.90. The molecule has 0 spiro atoms. The van der Waals surface area contributed by atoms with E-state index in [1.165, 1.54) is 42.1 Å². The number of nitrogens with zero attached hydrogens (tertiary/aromatic N) is 2. The van der Waals surface area contributed by atoms with E-state index in [-0.39, 0.29) is 21.8 Å². The number of benzene rings is 1. The zero-order valence-corrected chi connectivity index (χ0v) is 15.6. The van der Waals surface area contributed by atoms with Crippen LogP contribution in [0.1, 0.15) is 36.8 Å². The van der Waals surface area contributed by atoms with E-state index in [1.807, 2.05) is 0 Å². The van der Waals surface area contributed by atoms with Crippen LogP contribution < -0.4 is 10.0 Å². The van der Waals surface area contributed by atoms with Gasteiger partial charge in [0, 0.05) is 18.8 Å². The maximum Gasteiger partial charge on any atom is 0.272 e. The highest BCUT2D eigenvalue weighted by atomic mass is 32.2. The van der Waals surface area contributed by atoms with Gasteiger partial charge in [-0.15, -0.1) is 0 Å². The molecular formula is C17H19FN4O3S. The van der Waals surface area contributed by atoms with Crippen LogP contribution in [0.25, 0.3) is 0 Å². The van der Waals surface area contributed by atoms with Gasteiger partial charge in [-0.05, 0) is 39.0 Å². The van der Waals surface area contributed by atoms with Crippen LogP contribution in [-0.4, -0.2) is 24.4 Å². The number of aromatic nitrogens is 1. The summed E-state index contributed by atoms with van der Waals surface area (Å²) in [6.45, 7) is 5.10. The molecule has 1 aromatic carbocycles. The van der Waals surface area contributed by atoms with Crippen LogP contribution in [0.2, 0.25) is 0 Å². The van der Waals surface area contributed by atoms with E-state index in [1.54, 1.807) is 26.8 Å². The highest BCUT2D eigenvalue weighted by Crippen LogP contribution is 2.20. The van der Waals surface area contributed by atoms with Crippen LogP contribution in [-0.2, 0) is 17.1 Å². The maximum atomic E-state index is 14.1. The lowest BCUT2D eigenvalue weighted by Gasteiger charge is -2.19. The molecule has 138 valence electrons. The van der Waals surface area contributed by atoms with Gasteiger partial charge in [0.15, 0.2) is 5.82 Å². The van der Waals surface area contributed by atoms with E-state index in [0.717, 1.165) is 0 Å². The van der Waals surface area contributed by atoms with Crippen LogP contribution >= 0.6 is 0 Å². The van der Waals surface area contributed by atoms with Gasteiger partial charge in [0.25, 0.3) is 5.91 Å². The largest absolute Gasteiger partial charge is 0.345 e. The van der Waals surface area contributed by atoms with Gasteiger partial charge in [-0.25, -0.2) is 17.5 Å². The Morgan fingerprint density at radius 2 is 1.96 bits per heavy atom. The van der Waals surface area contributed by atoms with Crippen molar-refractivity contribution in [3.8, 4) is 6.07 Å². The van der Waals surface area contributed by atoms with Crippen LogP contribution in [0.3, 0.4) is 0 Å². The Morgan fingerprint density at radius 3 is 2.54 bits per heavy atom. The first kappa shape index (κ1) is 19.6. The highest BCUT2D eigenvalue weighted by Gasteiger charge is 2.25. The van der Waals surface area contributed by atoms with Crippen LogP contribution in [0.5, 0.6) is 0 Å². The number of carbonyl (C=O) groups is 1. The smallest absolute Gasteiger partial charge is 0.272 e. The lowest BCUT2D eigenvalue weighted by Crippen LogP contribution is -2.40. The lowest BCUT2D eigenvalue weighted by atomic mass is 10.1. The van der Waals surface area contributed by atoms with Crippen LogP contribution in [0, 0.1) is 17.1 Å². The molecule has 0 saturated heterocycles. The molecule has 0 fully saturated rings. The normalized spacial score (nSPS) is 11.8. The predicted octanol–water partition coefficient (Wildman–Crippen LogP) is 2.36. The number of hydrogen-bond acceptors (Lipinski definition) is 4. The molecule has 1 heterocycles. The molecule has 0 aliphatic carbocycles. The molecule has 0 atom stereocenters. The Hall–Kier alpha value is -2.70. The van der Waals surface area contributed by atoms with E-state index in [2.05, 4.69) is 10.0 Å².